The van der Waals surface area contributed by atoms with Gasteiger partial charge in [-0.3, -0.25) is 15.6 Å². The van der Waals surface area contributed by atoms with E-state index in [0.29, 0.717) is 24.9 Å². The SMILES string of the molecule is Cc1ccc(S(=O)(=O)n2ccc3nc(NNC(=O)[C@@H]4CC[C@@H](CNC(=O)O)C4)cnc32)cc1. The summed E-state index contributed by atoms with van der Waals surface area (Å²) < 4.78 is 27.0. The Morgan fingerprint density at radius 3 is 2.67 bits per heavy atom. The maximum atomic E-state index is 13.0. The highest BCUT2D eigenvalue weighted by molar-refractivity contribution is 7.90. The van der Waals surface area contributed by atoms with Gasteiger partial charge in [0.05, 0.1) is 11.1 Å². The van der Waals surface area contributed by atoms with Crippen molar-refractivity contribution in [2.45, 2.75) is 31.1 Å². The summed E-state index contributed by atoms with van der Waals surface area (Å²) in [7, 11) is -3.82. The van der Waals surface area contributed by atoms with Gasteiger partial charge in [-0.15, -0.1) is 0 Å². The molecule has 4 rings (SSSR count). The van der Waals surface area contributed by atoms with Crippen molar-refractivity contribution in [3.8, 4) is 0 Å². The van der Waals surface area contributed by atoms with Gasteiger partial charge in [0.1, 0.15) is 5.52 Å². The van der Waals surface area contributed by atoms with Crippen LogP contribution < -0.4 is 16.2 Å². The van der Waals surface area contributed by atoms with Crippen LogP contribution in [0.5, 0.6) is 0 Å². The fourth-order valence-corrected chi connectivity index (χ4v) is 5.22. The maximum absolute atomic E-state index is 13.0. The van der Waals surface area contributed by atoms with Gasteiger partial charge in [-0.1, -0.05) is 17.7 Å². The lowest BCUT2D eigenvalue weighted by atomic mass is 10.0. The second-order valence-corrected chi connectivity index (χ2v) is 9.88. The summed E-state index contributed by atoms with van der Waals surface area (Å²) in [5.74, 6) is -0.0450. The zero-order valence-electron chi connectivity index (χ0n) is 17.9. The number of benzene rings is 1. The Morgan fingerprint density at radius 1 is 1.18 bits per heavy atom. The van der Waals surface area contributed by atoms with E-state index in [2.05, 4.69) is 26.1 Å². The van der Waals surface area contributed by atoms with Crippen LogP contribution in [0.25, 0.3) is 11.2 Å². The van der Waals surface area contributed by atoms with Crippen LogP contribution in [0.15, 0.2) is 47.6 Å². The highest BCUT2D eigenvalue weighted by atomic mass is 32.2. The van der Waals surface area contributed by atoms with E-state index in [4.69, 9.17) is 5.11 Å². The molecule has 0 unspecified atom stereocenters. The molecule has 0 bridgehead atoms. The largest absolute Gasteiger partial charge is 0.465 e. The average molecular weight is 473 g/mol. The van der Waals surface area contributed by atoms with Crippen LogP contribution in [-0.4, -0.2) is 46.0 Å². The summed E-state index contributed by atoms with van der Waals surface area (Å²) in [4.78, 5) is 31.8. The normalized spacial score (nSPS) is 18.2. The molecular weight excluding hydrogens is 448 g/mol. The van der Waals surface area contributed by atoms with Gasteiger partial charge in [0.25, 0.3) is 10.0 Å². The third-order valence-corrected chi connectivity index (χ3v) is 7.38. The van der Waals surface area contributed by atoms with Gasteiger partial charge in [-0.05, 0) is 50.3 Å². The average Bonchev–Trinajstić information content (AvgIpc) is 3.43. The summed E-state index contributed by atoms with van der Waals surface area (Å²) in [5.41, 5.74) is 6.81. The summed E-state index contributed by atoms with van der Waals surface area (Å²) in [6.07, 6.45) is 3.71. The molecule has 1 aliphatic rings. The Labute approximate surface area is 190 Å². The predicted molar refractivity (Wildman–Crippen MR) is 120 cm³/mol. The van der Waals surface area contributed by atoms with Crippen LogP contribution in [0.3, 0.4) is 0 Å². The predicted octanol–water partition coefficient (Wildman–Crippen LogP) is 2.10. The minimum atomic E-state index is -3.82. The molecule has 2 atom stereocenters. The van der Waals surface area contributed by atoms with Gasteiger partial charge in [0.15, 0.2) is 11.5 Å². The highest BCUT2D eigenvalue weighted by Gasteiger charge is 2.30. The van der Waals surface area contributed by atoms with E-state index in [1.165, 1.54) is 18.5 Å². The van der Waals surface area contributed by atoms with Crippen molar-refractivity contribution >= 4 is 39.0 Å². The van der Waals surface area contributed by atoms with E-state index in [1.807, 2.05) is 6.92 Å². The first-order valence-corrected chi connectivity index (χ1v) is 11.9. The zero-order chi connectivity index (χ0) is 23.6. The van der Waals surface area contributed by atoms with E-state index in [0.717, 1.165) is 16.0 Å². The van der Waals surface area contributed by atoms with E-state index in [1.54, 1.807) is 24.3 Å². The third kappa shape index (κ3) is 4.90. The molecule has 11 nitrogen and oxygen atoms in total. The number of amides is 2. The van der Waals surface area contributed by atoms with Crippen LogP contribution >= 0.6 is 0 Å². The van der Waals surface area contributed by atoms with Crippen molar-refractivity contribution in [3.63, 3.8) is 0 Å². The molecule has 1 aromatic carbocycles. The molecular formula is C21H24N6O5S. The zero-order valence-corrected chi connectivity index (χ0v) is 18.7. The fraction of sp³-hybridized carbons (Fsp3) is 0.333. The first-order chi connectivity index (χ1) is 15.7. The Bertz CT molecular complexity index is 1290. The number of carboxylic acid groups (broad SMARTS) is 1. The minimum absolute atomic E-state index is 0.128. The van der Waals surface area contributed by atoms with Crippen LogP contribution in [0.1, 0.15) is 24.8 Å². The van der Waals surface area contributed by atoms with Gasteiger partial charge < -0.3 is 10.4 Å². The number of carbonyl (C=O) groups excluding carboxylic acids is 1. The van der Waals surface area contributed by atoms with Gasteiger partial charge in [-0.25, -0.2) is 27.2 Å². The molecule has 1 fully saturated rings. The van der Waals surface area contributed by atoms with E-state index < -0.39 is 16.1 Å². The monoisotopic (exact) mass is 472 g/mol. The summed E-state index contributed by atoms with van der Waals surface area (Å²) >= 11 is 0. The van der Waals surface area contributed by atoms with Crippen molar-refractivity contribution in [1.29, 1.82) is 0 Å². The smallest absolute Gasteiger partial charge is 0.404 e. The van der Waals surface area contributed by atoms with E-state index in [9.17, 15) is 18.0 Å². The first-order valence-electron chi connectivity index (χ1n) is 10.4. The molecule has 4 N–H and O–H groups in total. The highest BCUT2D eigenvalue weighted by Crippen LogP contribution is 2.30. The summed E-state index contributed by atoms with van der Waals surface area (Å²) in [5, 5.41) is 11.1. The lowest BCUT2D eigenvalue weighted by Crippen LogP contribution is -2.35. The number of fused-ring (bicyclic) bond motifs is 1. The Balaban J connectivity index is 1.41. The molecule has 0 radical (unpaired) electrons. The molecule has 2 heterocycles. The number of anilines is 1. The van der Waals surface area contributed by atoms with E-state index >= 15 is 0 Å². The molecule has 2 amide bonds. The number of aryl methyl sites for hydroxylation is 1. The quantitative estimate of drug-likeness (QED) is 0.381. The molecule has 174 valence electrons. The van der Waals surface area contributed by atoms with Crippen molar-refractivity contribution in [2.75, 3.05) is 12.0 Å². The Kier molecular flexibility index (Phi) is 6.18. The second kappa shape index (κ2) is 9.06. The number of hydrogen-bond donors (Lipinski definition) is 4. The van der Waals surface area contributed by atoms with Gasteiger partial charge in [-0.2, -0.15) is 0 Å². The molecule has 12 heteroatoms. The molecule has 1 saturated carbocycles. The molecule has 3 aromatic rings. The molecule has 0 aliphatic heterocycles. The van der Waals surface area contributed by atoms with Crippen LogP contribution in [0.2, 0.25) is 0 Å². The Morgan fingerprint density at radius 2 is 1.94 bits per heavy atom. The number of nitrogens with zero attached hydrogens (tertiary/aromatic N) is 3. The van der Waals surface area contributed by atoms with Crippen molar-refractivity contribution in [2.24, 2.45) is 11.8 Å². The van der Waals surface area contributed by atoms with Crippen LogP contribution in [0, 0.1) is 18.8 Å². The third-order valence-electron chi connectivity index (χ3n) is 5.70. The molecule has 1 aliphatic carbocycles. The Hall–Kier alpha value is -3.67. The second-order valence-electron chi connectivity index (χ2n) is 8.07. The number of aromatic nitrogens is 3. The van der Waals surface area contributed by atoms with E-state index in [-0.39, 0.29) is 34.1 Å². The van der Waals surface area contributed by atoms with Crippen molar-refractivity contribution in [3.05, 3.63) is 48.3 Å². The fourth-order valence-electron chi connectivity index (χ4n) is 3.92. The number of hydrazine groups is 1. The van der Waals surface area contributed by atoms with Crippen molar-refractivity contribution in [1.82, 2.24) is 24.7 Å². The van der Waals surface area contributed by atoms with Crippen LogP contribution in [-0.2, 0) is 14.8 Å². The summed E-state index contributed by atoms with van der Waals surface area (Å²) in [6.45, 7) is 2.21. The lowest BCUT2D eigenvalue weighted by Gasteiger charge is -2.13. The summed E-state index contributed by atoms with van der Waals surface area (Å²) in [6, 6.07) is 8.08. The molecule has 0 saturated heterocycles. The minimum Gasteiger partial charge on any atom is -0.465 e. The van der Waals surface area contributed by atoms with Gasteiger partial charge in [0, 0.05) is 18.7 Å². The topological polar surface area (TPSA) is 155 Å². The molecule has 0 spiro atoms. The standard InChI is InChI=1S/C21H24N6O5S/c1-13-2-6-16(7-3-13)33(31,32)27-9-8-17-19(27)22-12-18(24-17)25-26-20(28)15-5-4-14(10-15)11-23-21(29)30/h2-3,6-9,12,14-15,23H,4-5,10-11H2,1H3,(H,24,25)(H,26,28)(H,29,30)/t14-,15-/m1/s1. The van der Waals surface area contributed by atoms with Gasteiger partial charge in [0.2, 0.25) is 5.91 Å². The van der Waals surface area contributed by atoms with Gasteiger partial charge >= 0.3 is 6.09 Å². The van der Waals surface area contributed by atoms with Crippen molar-refractivity contribution < 1.29 is 23.1 Å². The number of nitrogens with one attached hydrogen (secondary N) is 3. The lowest BCUT2D eigenvalue weighted by molar-refractivity contribution is -0.124. The number of hydrogen-bond acceptors (Lipinski definition) is 7. The number of carbonyl (C=O) groups is 2. The first kappa shape index (κ1) is 22.5. The molecule has 2 aromatic heterocycles. The number of rotatable bonds is 7. The molecule has 33 heavy (non-hydrogen) atoms. The van der Waals surface area contributed by atoms with Crippen LogP contribution in [0.4, 0.5) is 10.6 Å². The maximum Gasteiger partial charge on any atom is 0.404 e.